The van der Waals surface area contributed by atoms with Crippen LogP contribution in [0.15, 0.2) is 36.7 Å². The molecule has 1 aromatic carbocycles. The number of aromatic nitrogens is 1. The van der Waals surface area contributed by atoms with E-state index in [0.717, 1.165) is 16.7 Å². The van der Waals surface area contributed by atoms with Crippen LogP contribution in [0.2, 0.25) is 0 Å². The number of rotatable bonds is 3. The van der Waals surface area contributed by atoms with Crippen molar-refractivity contribution in [2.45, 2.75) is 26.8 Å². The molecule has 1 aromatic heterocycles. The SMILES string of the molecule is Cc1ccc(C)c(C(C)NC(=O)c2cncc(O)c2)c1. The van der Waals surface area contributed by atoms with Gasteiger partial charge in [0, 0.05) is 6.20 Å². The Morgan fingerprint density at radius 1 is 1.25 bits per heavy atom. The molecule has 4 nitrogen and oxygen atoms in total. The van der Waals surface area contributed by atoms with E-state index in [1.807, 2.05) is 32.9 Å². The lowest BCUT2D eigenvalue weighted by Crippen LogP contribution is -2.27. The van der Waals surface area contributed by atoms with Gasteiger partial charge in [0.05, 0.1) is 17.8 Å². The van der Waals surface area contributed by atoms with Crippen LogP contribution in [0.1, 0.15) is 40.0 Å². The molecule has 20 heavy (non-hydrogen) atoms. The number of amides is 1. The Balaban J connectivity index is 2.17. The van der Waals surface area contributed by atoms with E-state index in [4.69, 9.17) is 0 Å². The van der Waals surface area contributed by atoms with Crippen LogP contribution in [0.25, 0.3) is 0 Å². The number of pyridine rings is 1. The van der Waals surface area contributed by atoms with Gasteiger partial charge < -0.3 is 10.4 Å². The Kier molecular flexibility index (Phi) is 4.03. The number of carbonyl (C=O) groups excluding carboxylic acids is 1. The summed E-state index contributed by atoms with van der Waals surface area (Å²) in [6.45, 7) is 5.99. The largest absolute Gasteiger partial charge is 0.506 e. The van der Waals surface area contributed by atoms with E-state index in [9.17, 15) is 9.90 Å². The number of aryl methyl sites for hydroxylation is 2. The monoisotopic (exact) mass is 270 g/mol. The van der Waals surface area contributed by atoms with Crippen molar-refractivity contribution in [3.63, 3.8) is 0 Å². The standard InChI is InChI=1S/C16H18N2O2/c1-10-4-5-11(2)15(6-10)12(3)18-16(20)13-7-14(19)9-17-8-13/h4-9,12,19H,1-3H3,(H,18,20). The second-order valence-electron chi connectivity index (χ2n) is 4.99. The molecule has 1 heterocycles. The topological polar surface area (TPSA) is 62.2 Å². The zero-order valence-electron chi connectivity index (χ0n) is 11.8. The van der Waals surface area contributed by atoms with Gasteiger partial charge in [-0.15, -0.1) is 0 Å². The van der Waals surface area contributed by atoms with Crippen molar-refractivity contribution < 1.29 is 9.90 Å². The number of aromatic hydroxyl groups is 1. The molecule has 0 radical (unpaired) electrons. The quantitative estimate of drug-likeness (QED) is 0.901. The number of hydrogen-bond acceptors (Lipinski definition) is 3. The smallest absolute Gasteiger partial charge is 0.253 e. The van der Waals surface area contributed by atoms with Gasteiger partial charge in [0.1, 0.15) is 5.75 Å². The second kappa shape index (κ2) is 5.74. The molecule has 0 aliphatic heterocycles. The normalized spacial score (nSPS) is 11.9. The van der Waals surface area contributed by atoms with Crippen LogP contribution in [-0.4, -0.2) is 16.0 Å². The molecule has 2 rings (SSSR count). The molecule has 0 fully saturated rings. The van der Waals surface area contributed by atoms with E-state index in [1.54, 1.807) is 0 Å². The average Bonchev–Trinajstić information content (AvgIpc) is 2.41. The molecule has 2 N–H and O–H groups in total. The van der Waals surface area contributed by atoms with Crippen molar-refractivity contribution in [3.8, 4) is 5.75 Å². The highest BCUT2D eigenvalue weighted by Crippen LogP contribution is 2.19. The first-order valence-corrected chi connectivity index (χ1v) is 6.49. The number of nitrogens with zero attached hydrogens (tertiary/aromatic N) is 1. The summed E-state index contributed by atoms with van der Waals surface area (Å²) in [6, 6.07) is 7.46. The van der Waals surface area contributed by atoms with Crippen LogP contribution < -0.4 is 5.32 Å². The number of carbonyl (C=O) groups is 1. The highest BCUT2D eigenvalue weighted by molar-refractivity contribution is 5.94. The Labute approximate surface area is 118 Å². The van der Waals surface area contributed by atoms with Gasteiger partial charge in [0.15, 0.2) is 0 Å². The molecule has 0 aliphatic carbocycles. The Morgan fingerprint density at radius 2 is 2.00 bits per heavy atom. The first kappa shape index (κ1) is 14.1. The summed E-state index contributed by atoms with van der Waals surface area (Å²) in [4.78, 5) is 15.9. The minimum atomic E-state index is -0.248. The van der Waals surface area contributed by atoms with Crippen LogP contribution in [0.3, 0.4) is 0 Å². The van der Waals surface area contributed by atoms with Crippen LogP contribution in [-0.2, 0) is 0 Å². The molecule has 2 aromatic rings. The molecule has 0 aliphatic rings. The number of benzene rings is 1. The third kappa shape index (κ3) is 3.15. The van der Waals surface area contributed by atoms with E-state index in [-0.39, 0.29) is 17.7 Å². The fourth-order valence-corrected chi connectivity index (χ4v) is 2.14. The maximum atomic E-state index is 12.1. The van der Waals surface area contributed by atoms with Crippen molar-refractivity contribution >= 4 is 5.91 Å². The van der Waals surface area contributed by atoms with E-state index in [0.29, 0.717) is 5.56 Å². The lowest BCUT2D eigenvalue weighted by molar-refractivity contribution is 0.0939. The number of nitrogens with one attached hydrogen (secondary N) is 1. The molecule has 0 saturated heterocycles. The maximum absolute atomic E-state index is 12.1. The van der Waals surface area contributed by atoms with Gasteiger partial charge in [0.2, 0.25) is 0 Å². The summed E-state index contributed by atoms with van der Waals surface area (Å²) in [7, 11) is 0. The molecular formula is C16H18N2O2. The molecule has 104 valence electrons. The molecular weight excluding hydrogens is 252 g/mol. The molecule has 1 amide bonds. The third-order valence-corrected chi connectivity index (χ3v) is 3.23. The van der Waals surface area contributed by atoms with Gasteiger partial charge in [-0.1, -0.05) is 23.8 Å². The predicted octanol–water partition coefficient (Wildman–Crippen LogP) is 2.90. The molecule has 1 atom stereocenters. The zero-order valence-corrected chi connectivity index (χ0v) is 11.8. The van der Waals surface area contributed by atoms with Crippen molar-refractivity contribution in [2.75, 3.05) is 0 Å². The maximum Gasteiger partial charge on any atom is 0.253 e. The zero-order chi connectivity index (χ0) is 14.7. The minimum Gasteiger partial charge on any atom is -0.506 e. The van der Waals surface area contributed by atoms with E-state index >= 15 is 0 Å². The summed E-state index contributed by atoms with van der Waals surface area (Å²) in [5.41, 5.74) is 3.73. The van der Waals surface area contributed by atoms with Crippen molar-refractivity contribution in [3.05, 3.63) is 58.9 Å². The van der Waals surface area contributed by atoms with Crippen LogP contribution in [0.4, 0.5) is 0 Å². The summed E-state index contributed by atoms with van der Waals surface area (Å²) in [5.74, 6) is -0.265. The van der Waals surface area contributed by atoms with Crippen molar-refractivity contribution in [2.24, 2.45) is 0 Å². The highest BCUT2D eigenvalue weighted by Gasteiger charge is 2.14. The van der Waals surface area contributed by atoms with E-state index < -0.39 is 0 Å². The Hall–Kier alpha value is -2.36. The fourth-order valence-electron chi connectivity index (χ4n) is 2.14. The fraction of sp³-hybridized carbons (Fsp3) is 0.250. The first-order chi connectivity index (χ1) is 9.47. The van der Waals surface area contributed by atoms with Crippen LogP contribution >= 0.6 is 0 Å². The average molecular weight is 270 g/mol. The van der Waals surface area contributed by atoms with Gasteiger partial charge in [0.25, 0.3) is 5.91 Å². The van der Waals surface area contributed by atoms with Gasteiger partial charge >= 0.3 is 0 Å². The Morgan fingerprint density at radius 3 is 2.70 bits per heavy atom. The molecule has 0 saturated carbocycles. The van der Waals surface area contributed by atoms with E-state index in [2.05, 4.69) is 16.4 Å². The highest BCUT2D eigenvalue weighted by atomic mass is 16.3. The molecule has 0 bridgehead atoms. The van der Waals surface area contributed by atoms with Crippen molar-refractivity contribution in [1.29, 1.82) is 0 Å². The summed E-state index contributed by atoms with van der Waals surface area (Å²) >= 11 is 0. The Bertz CT molecular complexity index is 638. The predicted molar refractivity (Wildman–Crippen MR) is 77.7 cm³/mol. The third-order valence-electron chi connectivity index (χ3n) is 3.23. The molecule has 1 unspecified atom stereocenters. The van der Waals surface area contributed by atoms with Gasteiger partial charge in [-0.05, 0) is 38.0 Å². The molecule has 4 heteroatoms. The summed E-state index contributed by atoms with van der Waals surface area (Å²) in [6.07, 6.45) is 2.73. The summed E-state index contributed by atoms with van der Waals surface area (Å²) < 4.78 is 0. The van der Waals surface area contributed by atoms with Gasteiger partial charge in [-0.2, -0.15) is 0 Å². The second-order valence-corrected chi connectivity index (χ2v) is 4.99. The lowest BCUT2D eigenvalue weighted by Gasteiger charge is -2.17. The molecule has 0 spiro atoms. The number of hydrogen-bond donors (Lipinski definition) is 2. The van der Waals surface area contributed by atoms with Crippen molar-refractivity contribution in [1.82, 2.24) is 10.3 Å². The van der Waals surface area contributed by atoms with Crippen LogP contribution in [0.5, 0.6) is 5.75 Å². The van der Waals surface area contributed by atoms with Gasteiger partial charge in [-0.25, -0.2) is 0 Å². The van der Waals surface area contributed by atoms with Crippen LogP contribution in [0, 0.1) is 13.8 Å². The minimum absolute atomic E-state index is 0.0166. The lowest BCUT2D eigenvalue weighted by atomic mass is 10.00. The van der Waals surface area contributed by atoms with Gasteiger partial charge in [-0.3, -0.25) is 9.78 Å². The summed E-state index contributed by atoms with van der Waals surface area (Å²) in [5, 5.41) is 12.3. The van der Waals surface area contributed by atoms with E-state index in [1.165, 1.54) is 18.5 Å². The first-order valence-electron chi connectivity index (χ1n) is 6.49.